The molecule has 0 amide bonds. The van der Waals surface area contributed by atoms with Gasteiger partial charge in [-0.2, -0.15) is 0 Å². The van der Waals surface area contributed by atoms with Crippen molar-refractivity contribution in [2.45, 2.75) is 59.4 Å². The lowest BCUT2D eigenvalue weighted by Crippen LogP contribution is -2.49. The van der Waals surface area contributed by atoms with Crippen LogP contribution in [0.4, 0.5) is 0 Å². The molecule has 0 saturated carbocycles. The number of hydrogen-bond donors (Lipinski definition) is 1. The third-order valence-electron chi connectivity index (χ3n) is 5.44. The van der Waals surface area contributed by atoms with E-state index in [4.69, 9.17) is 4.74 Å². The highest BCUT2D eigenvalue weighted by molar-refractivity contribution is 4.85. The Balaban J connectivity index is 1.78. The zero-order valence-corrected chi connectivity index (χ0v) is 14.7. The number of hydrogen-bond acceptors (Lipinski definition) is 3. The summed E-state index contributed by atoms with van der Waals surface area (Å²) in [7, 11) is 0. The predicted molar refractivity (Wildman–Crippen MR) is 89.6 cm³/mol. The molecule has 3 heteroatoms. The van der Waals surface area contributed by atoms with Crippen LogP contribution in [-0.2, 0) is 4.74 Å². The second-order valence-corrected chi connectivity index (χ2v) is 8.13. The molecule has 3 nitrogen and oxygen atoms in total. The molecular weight excluding hydrogens is 260 g/mol. The minimum atomic E-state index is 0.477. The first-order chi connectivity index (χ1) is 10.0. The van der Waals surface area contributed by atoms with E-state index in [0.717, 1.165) is 25.7 Å². The van der Waals surface area contributed by atoms with Crippen LogP contribution in [0.1, 0.15) is 53.4 Å². The second kappa shape index (κ2) is 7.94. The number of likely N-dealkylation sites (tertiary alicyclic amines) is 1. The average Bonchev–Trinajstić information content (AvgIpc) is 2.46. The molecule has 2 saturated heterocycles. The van der Waals surface area contributed by atoms with Gasteiger partial charge in [0.15, 0.2) is 0 Å². The number of rotatable bonds is 5. The Morgan fingerprint density at radius 3 is 2.48 bits per heavy atom. The first-order valence-corrected chi connectivity index (χ1v) is 9.04. The van der Waals surface area contributed by atoms with Gasteiger partial charge in [0.25, 0.3) is 0 Å². The fraction of sp³-hybridized carbons (Fsp3) is 1.00. The third-order valence-corrected chi connectivity index (χ3v) is 5.44. The minimum Gasteiger partial charge on any atom is -0.381 e. The molecule has 0 aromatic rings. The highest BCUT2D eigenvalue weighted by Crippen LogP contribution is 2.34. The summed E-state index contributed by atoms with van der Waals surface area (Å²) in [5.74, 6) is 1.57. The van der Waals surface area contributed by atoms with Crippen molar-refractivity contribution in [2.75, 3.05) is 39.4 Å². The van der Waals surface area contributed by atoms with Crippen molar-refractivity contribution >= 4 is 0 Å². The van der Waals surface area contributed by atoms with Crippen molar-refractivity contribution < 1.29 is 4.74 Å². The number of nitrogens with zero attached hydrogens (tertiary/aromatic N) is 1. The second-order valence-electron chi connectivity index (χ2n) is 8.13. The number of nitrogens with one attached hydrogen (secondary N) is 1. The molecule has 2 unspecified atom stereocenters. The summed E-state index contributed by atoms with van der Waals surface area (Å²) < 4.78 is 5.74. The Bertz CT molecular complexity index is 292. The summed E-state index contributed by atoms with van der Waals surface area (Å²) in [5.41, 5.74) is 0.477. The Morgan fingerprint density at radius 1 is 1.14 bits per heavy atom. The van der Waals surface area contributed by atoms with E-state index in [2.05, 4.69) is 37.9 Å². The lowest BCUT2D eigenvalue weighted by molar-refractivity contribution is 0.00759. The van der Waals surface area contributed by atoms with Gasteiger partial charge in [-0.3, -0.25) is 0 Å². The largest absolute Gasteiger partial charge is 0.381 e. The van der Waals surface area contributed by atoms with Gasteiger partial charge in [0.2, 0.25) is 0 Å². The molecule has 2 heterocycles. The third kappa shape index (κ3) is 5.22. The van der Waals surface area contributed by atoms with Gasteiger partial charge in [-0.05, 0) is 56.7 Å². The van der Waals surface area contributed by atoms with Gasteiger partial charge in [0.05, 0.1) is 6.61 Å². The minimum absolute atomic E-state index is 0.477. The highest BCUT2D eigenvalue weighted by atomic mass is 16.5. The van der Waals surface area contributed by atoms with Crippen LogP contribution in [-0.4, -0.2) is 50.3 Å². The van der Waals surface area contributed by atoms with E-state index in [-0.39, 0.29) is 0 Å². The fourth-order valence-electron chi connectivity index (χ4n) is 3.89. The molecule has 1 N–H and O–H groups in total. The van der Waals surface area contributed by atoms with Crippen molar-refractivity contribution in [1.29, 1.82) is 0 Å². The first-order valence-electron chi connectivity index (χ1n) is 9.04. The van der Waals surface area contributed by atoms with Crippen molar-refractivity contribution in [3.8, 4) is 0 Å². The number of piperidine rings is 1. The average molecular weight is 296 g/mol. The van der Waals surface area contributed by atoms with Crippen LogP contribution in [0.2, 0.25) is 0 Å². The summed E-state index contributed by atoms with van der Waals surface area (Å²) >= 11 is 0. The molecule has 2 aliphatic heterocycles. The molecular formula is C18H36N2O. The van der Waals surface area contributed by atoms with Gasteiger partial charge >= 0.3 is 0 Å². The van der Waals surface area contributed by atoms with Crippen LogP contribution >= 0.6 is 0 Å². The smallest absolute Gasteiger partial charge is 0.0521 e. The van der Waals surface area contributed by atoms with Crippen molar-refractivity contribution in [3.05, 3.63) is 0 Å². The van der Waals surface area contributed by atoms with Crippen LogP contribution < -0.4 is 5.32 Å². The Kier molecular flexibility index (Phi) is 6.51. The van der Waals surface area contributed by atoms with Crippen LogP contribution in [0, 0.1) is 17.3 Å². The van der Waals surface area contributed by atoms with E-state index in [1.165, 1.54) is 45.3 Å². The molecule has 0 aromatic carbocycles. The standard InChI is InChI=1S/C18H36N2O/c1-5-9-19-17-8-12-21-14-15(17)13-20-10-6-16(7-11-20)18(2,3)4/h15-17,19H,5-14H2,1-4H3. The van der Waals surface area contributed by atoms with E-state index >= 15 is 0 Å². The summed E-state index contributed by atoms with van der Waals surface area (Å²) in [6.45, 7) is 16.2. The summed E-state index contributed by atoms with van der Waals surface area (Å²) in [4.78, 5) is 2.68. The van der Waals surface area contributed by atoms with E-state index < -0.39 is 0 Å². The summed E-state index contributed by atoms with van der Waals surface area (Å²) in [6, 6.07) is 0.666. The number of ether oxygens (including phenoxy) is 1. The topological polar surface area (TPSA) is 24.5 Å². The van der Waals surface area contributed by atoms with E-state index in [9.17, 15) is 0 Å². The molecule has 2 rings (SSSR count). The normalized spacial score (nSPS) is 29.7. The lowest BCUT2D eigenvalue weighted by atomic mass is 9.75. The van der Waals surface area contributed by atoms with Gasteiger partial charge < -0.3 is 15.0 Å². The Morgan fingerprint density at radius 2 is 1.86 bits per heavy atom. The molecule has 2 atom stereocenters. The lowest BCUT2D eigenvalue weighted by Gasteiger charge is -2.41. The first kappa shape index (κ1) is 17.2. The zero-order valence-electron chi connectivity index (χ0n) is 14.7. The quantitative estimate of drug-likeness (QED) is 0.843. The molecule has 124 valence electrons. The molecule has 0 spiro atoms. The van der Waals surface area contributed by atoms with Gasteiger partial charge in [0.1, 0.15) is 0 Å². The van der Waals surface area contributed by atoms with Crippen molar-refractivity contribution in [1.82, 2.24) is 10.2 Å². The maximum absolute atomic E-state index is 5.74. The maximum atomic E-state index is 5.74. The molecule has 2 aliphatic rings. The maximum Gasteiger partial charge on any atom is 0.0521 e. The predicted octanol–water partition coefficient (Wildman–Crippen LogP) is 3.15. The van der Waals surface area contributed by atoms with Crippen LogP contribution in [0.3, 0.4) is 0 Å². The van der Waals surface area contributed by atoms with Crippen LogP contribution in [0.5, 0.6) is 0 Å². The SMILES string of the molecule is CCCNC1CCOCC1CN1CCC(C(C)(C)C)CC1. The van der Waals surface area contributed by atoms with E-state index in [0.29, 0.717) is 17.4 Å². The zero-order chi connectivity index (χ0) is 15.3. The highest BCUT2D eigenvalue weighted by Gasteiger charge is 2.32. The molecule has 0 radical (unpaired) electrons. The molecule has 2 fully saturated rings. The van der Waals surface area contributed by atoms with Crippen molar-refractivity contribution in [2.24, 2.45) is 17.3 Å². The monoisotopic (exact) mass is 296 g/mol. The Labute approximate surface area is 131 Å². The molecule has 0 bridgehead atoms. The molecule has 0 aliphatic carbocycles. The van der Waals surface area contributed by atoms with Gasteiger partial charge in [-0.1, -0.05) is 27.7 Å². The van der Waals surface area contributed by atoms with Crippen molar-refractivity contribution in [3.63, 3.8) is 0 Å². The molecule has 0 aromatic heterocycles. The van der Waals surface area contributed by atoms with E-state index in [1.807, 2.05) is 0 Å². The van der Waals surface area contributed by atoms with Gasteiger partial charge in [0, 0.05) is 25.1 Å². The molecule has 21 heavy (non-hydrogen) atoms. The van der Waals surface area contributed by atoms with Gasteiger partial charge in [-0.15, -0.1) is 0 Å². The van der Waals surface area contributed by atoms with Crippen LogP contribution in [0.15, 0.2) is 0 Å². The van der Waals surface area contributed by atoms with Crippen LogP contribution in [0.25, 0.3) is 0 Å². The Hall–Kier alpha value is -0.120. The fourth-order valence-corrected chi connectivity index (χ4v) is 3.89. The van der Waals surface area contributed by atoms with Gasteiger partial charge in [-0.25, -0.2) is 0 Å². The summed E-state index contributed by atoms with van der Waals surface area (Å²) in [6.07, 6.45) is 5.14. The summed E-state index contributed by atoms with van der Waals surface area (Å²) in [5, 5.41) is 3.74. The van der Waals surface area contributed by atoms with E-state index in [1.54, 1.807) is 0 Å².